The summed E-state index contributed by atoms with van der Waals surface area (Å²) in [4.78, 5) is 34.6. The zero-order valence-electron chi connectivity index (χ0n) is 14.8. The average molecular weight is 393 g/mol. The van der Waals surface area contributed by atoms with Crippen molar-refractivity contribution in [3.05, 3.63) is 39.4 Å². The van der Waals surface area contributed by atoms with Crippen LogP contribution in [0.4, 0.5) is 5.69 Å². The van der Waals surface area contributed by atoms with E-state index in [9.17, 15) is 19.7 Å². The molecule has 8 heteroatoms. The number of ether oxygens (including phenoxy) is 1. The fourth-order valence-electron chi connectivity index (χ4n) is 5.70. The highest BCUT2D eigenvalue weighted by atomic mass is 35.5. The smallest absolute Gasteiger partial charge is 0.312 e. The Labute approximate surface area is 161 Å². The van der Waals surface area contributed by atoms with Crippen LogP contribution in [0.15, 0.2) is 18.2 Å². The molecule has 1 aromatic carbocycles. The fraction of sp³-hybridized carbons (Fsp3) is 0.579. The summed E-state index contributed by atoms with van der Waals surface area (Å²) in [5, 5.41) is 11.3. The fourth-order valence-corrected chi connectivity index (χ4v) is 6.39. The molecule has 5 rings (SSSR count). The van der Waals surface area contributed by atoms with Crippen LogP contribution in [0.3, 0.4) is 0 Å². The van der Waals surface area contributed by atoms with Crippen LogP contribution in [0.1, 0.15) is 54.4 Å². The molecule has 4 saturated carbocycles. The maximum Gasteiger partial charge on any atom is 0.312 e. The minimum absolute atomic E-state index is 0.0435. The molecular formula is C19H21ClN2O5. The number of carbonyl (C=O) groups is 2. The number of nitro groups is 1. The molecule has 0 saturated heterocycles. The van der Waals surface area contributed by atoms with Gasteiger partial charge in [0.25, 0.3) is 5.69 Å². The summed E-state index contributed by atoms with van der Waals surface area (Å²) in [6.07, 6.45) is 5.25. The Morgan fingerprint density at radius 2 is 1.93 bits per heavy atom. The zero-order chi connectivity index (χ0) is 19.4. The van der Waals surface area contributed by atoms with Crippen LogP contribution in [0.25, 0.3) is 0 Å². The normalized spacial score (nSPS) is 33.7. The summed E-state index contributed by atoms with van der Waals surface area (Å²) < 4.78 is 5.53. The molecule has 27 heavy (non-hydrogen) atoms. The van der Waals surface area contributed by atoms with Crippen LogP contribution < -0.4 is 5.73 Å². The van der Waals surface area contributed by atoms with Gasteiger partial charge in [0.15, 0.2) is 0 Å². The van der Waals surface area contributed by atoms with Crippen molar-refractivity contribution in [3.8, 4) is 0 Å². The third kappa shape index (κ3) is 3.18. The number of halogens is 1. The monoisotopic (exact) mass is 392 g/mol. The van der Waals surface area contributed by atoms with Gasteiger partial charge in [-0.15, -0.1) is 11.6 Å². The van der Waals surface area contributed by atoms with Crippen LogP contribution in [-0.4, -0.2) is 21.7 Å². The third-order valence-electron chi connectivity index (χ3n) is 6.35. The van der Waals surface area contributed by atoms with E-state index in [2.05, 4.69) is 0 Å². The van der Waals surface area contributed by atoms with Gasteiger partial charge in [-0.3, -0.25) is 19.7 Å². The molecule has 4 aliphatic rings. The molecule has 0 heterocycles. The second-order valence-electron chi connectivity index (χ2n) is 8.43. The summed E-state index contributed by atoms with van der Waals surface area (Å²) in [7, 11) is 0. The summed E-state index contributed by atoms with van der Waals surface area (Å²) in [6.45, 7) is -0.208. The van der Waals surface area contributed by atoms with Crippen molar-refractivity contribution in [1.29, 1.82) is 0 Å². The number of amides is 1. The third-order valence-corrected chi connectivity index (χ3v) is 6.79. The highest BCUT2D eigenvalue weighted by molar-refractivity contribution is 6.24. The molecule has 0 aliphatic heterocycles. The lowest BCUT2D eigenvalue weighted by Crippen LogP contribution is -2.56. The zero-order valence-corrected chi connectivity index (χ0v) is 15.5. The first-order valence-corrected chi connectivity index (χ1v) is 9.51. The van der Waals surface area contributed by atoms with Crippen molar-refractivity contribution in [3.63, 3.8) is 0 Å². The molecule has 1 aromatic rings. The van der Waals surface area contributed by atoms with E-state index in [0.29, 0.717) is 18.3 Å². The summed E-state index contributed by atoms with van der Waals surface area (Å²) >= 11 is 6.75. The summed E-state index contributed by atoms with van der Waals surface area (Å²) in [5.41, 5.74) is 4.62. The van der Waals surface area contributed by atoms with Gasteiger partial charge in [-0.1, -0.05) is 0 Å². The first-order valence-electron chi connectivity index (χ1n) is 9.13. The van der Waals surface area contributed by atoms with E-state index >= 15 is 0 Å². The van der Waals surface area contributed by atoms with Crippen LogP contribution in [0.5, 0.6) is 0 Å². The Bertz CT molecular complexity index is 825. The van der Waals surface area contributed by atoms with Gasteiger partial charge in [-0.05, 0) is 62.5 Å². The second kappa shape index (κ2) is 6.19. The number of esters is 1. The van der Waals surface area contributed by atoms with Gasteiger partial charge in [0, 0.05) is 16.5 Å². The molecule has 4 aliphatic carbocycles. The molecule has 0 spiro atoms. The maximum atomic E-state index is 12.9. The Kier molecular flexibility index (Phi) is 4.18. The lowest BCUT2D eigenvalue weighted by Gasteiger charge is -2.58. The van der Waals surface area contributed by atoms with Crippen molar-refractivity contribution < 1.29 is 19.2 Å². The lowest BCUT2D eigenvalue weighted by atomic mass is 9.49. The predicted molar refractivity (Wildman–Crippen MR) is 97.1 cm³/mol. The molecule has 2 N–H and O–H groups in total. The molecular weight excluding hydrogens is 372 g/mol. The van der Waals surface area contributed by atoms with Gasteiger partial charge in [0.05, 0.1) is 15.9 Å². The van der Waals surface area contributed by atoms with Gasteiger partial charge in [0.2, 0.25) is 5.91 Å². The van der Waals surface area contributed by atoms with Crippen LogP contribution >= 0.6 is 11.6 Å². The predicted octanol–water partition coefficient (Wildman–Crippen LogP) is 3.31. The Morgan fingerprint density at radius 1 is 1.26 bits per heavy atom. The standard InChI is InChI=1S/C19H21ClN2O5/c20-19-7-11-3-12(8-19)6-18(5-11,10-19)17(24)27-9-14-2-1-13(16(21)23)4-15(14)22(25)26/h1-2,4,11-12H,3,5-10H2,(H2,21,23). The molecule has 4 bridgehead atoms. The number of benzene rings is 1. The first-order chi connectivity index (χ1) is 12.7. The quantitative estimate of drug-likeness (QED) is 0.357. The number of nitro benzene ring substituents is 1. The van der Waals surface area contributed by atoms with E-state index < -0.39 is 16.2 Å². The minimum atomic E-state index is -0.748. The SMILES string of the molecule is NC(=O)c1ccc(COC(=O)C23CC4CC(CC(Cl)(C4)C2)C3)c([N+](=O)[O-])c1. The van der Waals surface area contributed by atoms with E-state index in [1.54, 1.807) is 0 Å². The average Bonchev–Trinajstić information content (AvgIpc) is 2.57. The van der Waals surface area contributed by atoms with E-state index in [1.807, 2.05) is 0 Å². The van der Waals surface area contributed by atoms with Gasteiger partial charge in [0.1, 0.15) is 6.61 Å². The second-order valence-corrected chi connectivity index (χ2v) is 9.24. The Morgan fingerprint density at radius 3 is 2.48 bits per heavy atom. The van der Waals surface area contributed by atoms with E-state index in [1.165, 1.54) is 12.1 Å². The molecule has 2 atom stereocenters. The van der Waals surface area contributed by atoms with E-state index in [0.717, 1.165) is 38.2 Å². The van der Waals surface area contributed by atoms with E-state index in [4.69, 9.17) is 22.1 Å². The lowest BCUT2D eigenvalue weighted by molar-refractivity contribution is -0.385. The van der Waals surface area contributed by atoms with Crippen LogP contribution in [0.2, 0.25) is 0 Å². The molecule has 2 unspecified atom stereocenters. The number of nitrogens with two attached hydrogens (primary N) is 1. The highest BCUT2D eigenvalue weighted by Gasteiger charge is 2.60. The number of nitrogens with zero attached hydrogens (tertiary/aromatic N) is 1. The van der Waals surface area contributed by atoms with Crippen molar-refractivity contribution >= 4 is 29.2 Å². The highest BCUT2D eigenvalue weighted by Crippen LogP contribution is 2.64. The molecule has 1 amide bonds. The molecule has 4 fully saturated rings. The van der Waals surface area contributed by atoms with Crippen molar-refractivity contribution in [2.75, 3.05) is 0 Å². The van der Waals surface area contributed by atoms with Crippen molar-refractivity contribution in [2.45, 2.75) is 50.0 Å². The molecule has 0 radical (unpaired) electrons. The Balaban J connectivity index is 1.52. The minimum Gasteiger partial charge on any atom is -0.460 e. The number of primary amides is 1. The number of alkyl halides is 1. The molecule has 0 aromatic heterocycles. The number of carbonyl (C=O) groups excluding carboxylic acids is 2. The largest absolute Gasteiger partial charge is 0.460 e. The summed E-state index contributed by atoms with van der Waals surface area (Å²) in [5.74, 6) is -0.140. The molecule has 144 valence electrons. The topological polar surface area (TPSA) is 113 Å². The maximum absolute atomic E-state index is 12.9. The van der Waals surface area contributed by atoms with Crippen molar-refractivity contribution in [1.82, 2.24) is 0 Å². The molecule has 7 nitrogen and oxygen atoms in total. The number of hydrogen-bond donors (Lipinski definition) is 1. The number of rotatable bonds is 5. The number of hydrogen-bond acceptors (Lipinski definition) is 5. The van der Waals surface area contributed by atoms with E-state index in [-0.39, 0.29) is 34.3 Å². The van der Waals surface area contributed by atoms with Gasteiger partial charge in [-0.25, -0.2) is 0 Å². The van der Waals surface area contributed by atoms with Gasteiger partial charge in [-0.2, -0.15) is 0 Å². The van der Waals surface area contributed by atoms with Crippen LogP contribution in [-0.2, 0) is 16.1 Å². The van der Waals surface area contributed by atoms with Crippen LogP contribution in [0, 0.1) is 27.4 Å². The van der Waals surface area contributed by atoms with Gasteiger partial charge < -0.3 is 10.5 Å². The summed E-state index contributed by atoms with van der Waals surface area (Å²) in [6, 6.07) is 3.93. The van der Waals surface area contributed by atoms with Gasteiger partial charge >= 0.3 is 5.97 Å². The first kappa shape index (κ1) is 18.2. The van der Waals surface area contributed by atoms with Crippen molar-refractivity contribution in [2.24, 2.45) is 23.0 Å². The Hall–Kier alpha value is -2.15.